The van der Waals surface area contributed by atoms with Crippen LogP contribution in [-0.2, 0) is 11.3 Å². The highest BCUT2D eigenvalue weighted by atomic mass is 16.2. The van der Waals surface area contributed by atoms with Crippen LogP contribution < -0.4 is 11.1 Å². The lowest BCUT2D eigenvalue weighted by atomic mass is 9.75. The number of hydrogen-bond donors (Lipinski definition) is 2. The summed E-state index contributed by atoms with van der Waals surface area (Å²) in [5.41, 5.74) is 8.44. The van der Waals surface area contributed by atoms with Gasteiger partial charge in [-0.1, -0.05) is 17.3 Å². The van der Waals surface area contributed by atoms with Crippen LogP contribution in [0.1, 0.15) is 25.7 Å². The van der Waals surface area contributed by atoms with Crippen LogP contribution in [-0.4, -0.2) is 51.0 Å². The van der Waals surface area contributed by atoms with Gasteiger partial charge in [0.15, 0.2) is 0 Å². The first-order valence-corrected chi connectivity index (χ1v) is 9.96. The average Bonchev–Trinajstić information content (AvgIpc) is 3.37. The second kappa shape index (κ2) is 6.64. The third-order valence-corrected chi connectivity index (χ3v) is 6.26. The smallest absolute Gasteiger partial charge is 0.224 e. The fourth-order valence-corrected chi connectivity index (χ4v) is 4.59. The first-order chi connectivity index (χ1) is 13.2. The maximum absolute atomic E-state index is 12.5. The average molecular weight is 366 g/mol. The van der Waals surface area contributed by atoms with E-state index in [4.69, 9.17) is 5.73 Å². The van der Waals surface area contributed by atoms with Crippen molar-refractivity contribution < 1.29 is 4.79 Å². The number of nitrogen functional groups attached to an aromatic ring is 1. The van der Waals surface area contributed by atoms with Gasteiger partial charge in [-0.05, 0) is 50.3 Å². The third-order valence-electron chi connectivity index (χ3n) is 6.26. The van der Waals surface area contributed by atoms with Crippen LogP contribution >= 0.6 is 0 Å². The second-order valence-electron chi connectivity index (χ2n) is 8.27. The van der Waals surface area contributed by atoms with Crippen LogP contribution in [0, 0.1) is 11.8 Å². The molecular formula is C20H26N6O. The molecule has 4 fully saturated rings. The maximum Gasteiger partial charge on any atom is 0.224 e. The first kappa shape index (κ1) is 16.7. The molecule has 1 amide bonds. The van der Waals surface area contributed by atoms with Crippen LogP contribution in [0.4, 0.5) is 5.69 Å². The van der Waals surface area contributed by atoms with Crippen molar-refractivity contribution in [2.45, 2.75) is 44.3 Å². The fraction of sp³-hybridized carbons (Fsp3) is 0.550. The molecule has 7 nitrogen and oxygen atoms in total. The lowest BCUT2D eigenvalue weighted by Crippen LogP contribution is -2.58. The molecule has 0 radical (unpaired) electrons. The Morgan fingerprint density at radius 1 is 1.30 bits per heavy atom. The van der Waals surface area contributed by atoms with Crippen LogP contribution in [0.2, 0.25) is 0 Å². The van der Waals surface area contributed by atoms with E-state index in [-0.39, 0.29) is 11.8 Å². The van der Waals surface area contributed by atoms with Gasteiger partial charge in [-0.2, -0.15) is 0 Å². The van der Waals surface area contributed by atoms with Gasteiger partial charge in [0.2, 0.25) is 5.91 Å². The second-order valence-corrected chi connectivity index (χ2v) is 8.27. The number of anilines is 1. The highest BCUT2D eigenvalue weighted by Crippen LogP contribution is 2.37. The van der Waals surface area contributed by atoms with Crippen molar-refractivity contribution in [2.24, 2.45) is 11.8 Å². The van der Waals surface area contributed by atoms with Gasteiger partial charge in [-0.25, -0.2) is 0 Å². The molecule has 1 aromatic carbocycles. The van der Waals surface area contributed by atoms with E-state index < -0.39 is 0 Å². The van der Waals surface area contributed by atoms with Crippen molar-refractivity contribution in [3.8, 4) is 11.3 Å². The molecular weight excluding hydrogens is 340 g/mol. The lowest BCUT2D eigenvalue weighted by Gasteiger charge is -2.49. The number of carbonyl (C=O) groups is 1. The van der Waals surface area contributed by atoms with Gasteiger partial charge in [-0.15, -0.1) is 5.10 Å². The minimum absolute atomic E-state index is 0.161. The van der Waals surface area contributed by atoms with E-state index in [1.165, 1.54) is 0 Å². The summed E-state index contributed by atoms with van der Waals surface area (Å²) in [5.74, 6) is 0.931. The van der Waals surface area contributed by atoms with Crippen LogP contribution in [0.3, 0.4) is 0 Å². The molecule has 27 heavy (non-hydrogen) atoms. The molecule has 142 valence electrons. The number of rotatable bonds is 5. The number of nitrogens with two attached hydrogens (primary N) is 1. The Bertz CT molecular complexity index is 845. The predicted molar refractivity (Wildman–Crippen MR) is 103 cm³/mol. The van der Waals surface area contributed by atoms with Crippen molar-refractivity contribution >= 4 is 11.6 Å². The van der Waals surface area contributed by atoms with Gasteiger partial charge in [0.05, 0.1) is 18.7 Å². The van der Waals surface area contributed by atoms with Crippen LogP contribution in [0.15, 0.2) is 30.5 Å². The van der Waals surface area contributed by atoms with E-state index in [0.29, 0.717) is 18.0 Å². The molecule has 1 aromatic heterocycles. The number of nitrogens with one attached hydrogen (secondary N) is 1. The monoisotopic (exact) mass is 366 g/mol. The van der Waals surface area contributed by atoms with Crippen LogP contribution in [0.5, 0.6) is 0 Å². The van der Waals surface area contributed by atoms with E-state index in [9.17, 15) is 4.79 Å². The highest BCUT2D eigenvalue weighted by molar-refractivity contribution is 5.80. The SMILES string of the molecule is Nc1cccc(-c2cn(C[C@H]3CC4CCN3C[C@@H]4C(=O)NC3CC3)nn2)c1. The van der Waals surface area contributed by atoms with Gasteiger partial charge in [-0.3, -0.25) is 14.4 Å². The zero-order valence-corrected chi connectivity index (χ0v) is 15.4. The van der Waals surface area contributed by atoms with Crippen molar-refractivity contribution in [3.05, 3.63) is 30.5 Å². The van der Waals surface area contributed by atoms with Gasteiger partial charge in [0.25, 0.3) is 0 Å². The summed E-state index contributed by atoms with van der Waals surface area (Å²) in [4.78, 5) is 15.0. The third kappa shape index (κ3) is 3.43. The van der Waals surface area contributed by atoms with E-state index in [1.54, 1.807) is 0 Å². The topological polar surface area (TPSA) is 89.1 Å². The molecule has 2 unspecified atom stereocenters. The van der Waals surface area contributed by atoms with Crippen molar-refractivity contribution in [1.82, 2.24) is 25.2 Å². The van der Waals surface area contributed by atoms with Gasteiger partial charge < -0.3 is 11.1 Å². The number of fused-ring (bicyclic) bond motifs is 3. The summed E-state index contributed by atoms with van der Waals surface area (Å²) >= 11 is 0. The quantitative estimate of drug-likeness (QED) is 0.783. The first-order valence-electron chi connectivity index (χ1n) is 9.96. The number of aromatic nitrogens is 3. The Morgan fingerprint density at radius 3 is 2.93 bits per heavy atom. The summed E-state index contributed by atoms with van der Waals surface area (Å²) in [6, 6.07) is 8.61. The molecule has 1 aliphatic carbocycles. The van der Waals surface area contributed by atoms with Crippen molar-refractivity contribution in [2.75, 3.05) is 18.8 Å². The number of hydrogen-bond acceptors (Lipinski definition) is 5. The molecule has 2 bridgehead atoms. The lowest BCUT2D eigenvalue weighted by molar-refractivity contribution is -0.133. The number of nitrogens with zero attached hydrogens (tertiary/aromatic N) is 4. The molecule has 4 atom stereocenters. The molecule has 7 heteroatoms. The largest absolute Gasteiger partial charge is 0.399 e. The number of piperidine rings is 3. The highest BCUT2D eigenvalue weighted by Gasteiger charge is 2.44. The summed E-state index contributed by atoms with van der Waals surface area (Å²) in [7, 11) is 0. The molecule has 4 aliphatic rings. The van der Waals surface area contributed by atoms with Crippen molar-refractivity contribution in [3.63, 3.8) is 0 Å². The molecule has 1 saturated carbocycles. The Kier molecular flexibility index (Phi) is 4.11. The normalized spacial score (nSPS) is 29.6. The molecule has 3 saturated heterocycles. The zero-order valence-electron chi connectivity index (χ0n) is 15.4. The fourth-order valence-electron chi connectivity index (χ4n) is 4.59. The molecule has 0 spiro atoms. The minimum atomic E-state index is 0.161. The molecule has 3 aliphatic heterocycles. The number of amides is 1. The standard InChI is InChI=1S/C20H26N6O/c21-15-3-1-2-14(8-15)19-12-26(24-23-19)10-17-9-13-6-7-25(17)11-18(13)20(27)22-16-4-5-16/h1-3,8,12-13,16-18H,4-7,9-11,21H2,(H,22,27)/t13?,17-,18+/m1/s1. The molecule has 6 rings (SSSR count). The molecule has 2 aromatic rings. The van der Waals surface area contributed by atoms with Crippen molar-refractivity contribution in [1.29, 1.82) is 0 Å². The van der Waals surface area contributed by atoms with E-state index in [0.717, 1.165) is 62.3 Å². The Labute approximate surface area is 158 Å². The van der Waals surface area contributed by atoms with Gasteiger partial charge in [0.1, 0.15) is 5.69 Å². The summed E-state index contributed by atoms with van der Waals surface area (Å²) in [6.45, 7) is 2.78. The Hall–Kier alpha value is -2.41. The molecule has 3 N–H and O–H groups in total. The Balaban J connectivity index is 1.24. The van der Waals surface area contributed by atoms with Crippen LogP contribution in [0.25, 0.3) is 11.3 Å². The minimum Gasteiger partial charge on any atom is -0.399 e. The number of benzene rings is 1. The Morgan fingerprint density at radius 2 is 2.19 bits per heavy atom. The number of carbonyl (C=O) groups excluding carboxylic acids is 1. The zero-order chi connectivity index (χ0) is 18.4. The van der Waals surface area contributed by atoms with E-state index >= 15 is 0 Å². The van der Waals surface area contributed by atoms with Gasteiger partial charge >= 0.3 is 0 Å². The summed E-state index contributed by atoms with van der Waals surface area (Å²) in [6.07, 6.45) is 6.49. The predicted octanol–water partition coefficient (Wildman–Crippen LogP) is 1.52. The van der Waals surface area contributed by atoms with Gasteiger partial charge in [0, 0.05) is 29.9 Å². The maximum atomic E-state index is 12.5. The summed E-state index contributed by atoms with van der Waals surface area (Å²) < 4.78 is 1.93. The molecule has 4 heterocycles. The summed E-state index contributed by atoms with van der Waals surface area (Å²) in [5, 5.41) is 11.8. The van der Waals surface area contributed by atoms with E-state index in [1.807, 2.05) is 35.1 Å². The van der Waals surface area contributed by atoms with E-state index in [2.05, 4.69) is 20.5 Å².